The number of thioether (sulfide) groups is 1. The molecular formula is C25H18ClN5O3S. The van der Waals surface area contributed by atoms with Crippen LogP contribution in [0.2, 0.25) is 5.02 Å². The van der Waals surface area contributed by atoms with Crippen LogP contribution in [0.1, 0.15) is 27.1 Å². The molecule has 0 radical (unpaired) electrons. The van der Waals surface area contributed by atoms with Crippen LogP contribution in [0.5, 0.6) is 0 Å². The van der Waals surface area contributed by atoms with E-state index >= 15 is 0 Å². The first-order valence-corrected chi connectivity index (χ1v) is 12.1. The topological polar surface area (TPSA) is 106 Å². The molecule has 5 rings (SSSR count). The zero-order valence-electron chi connectivity index (χ0n) is 18.2. The zero-order chi connectivity index (χ0) is 24.4. The summed E-state index contributed by atoms with van der Waals surface area (Å²) in [5.41, 5.74) is 2.65. The molecule has 0 atom stereocenters. The molecule has 2 heterocycles. The van der Waals surface area contributed by atoms with Crippen molar-refractivity contribution in [3.63, 3.8) is 0 Å². The first-order valence-electron chi connectivity index (χ1n) is 10.7. The van der Waals surface area contributed by atoms with Crippen LogP contribution in [0, 0.1) is 0 Å². The maximum absolute atomic E-state index is 12.5. The van der Waals surface area contributed by atoms with Crippen molar-refractivity contribution in [1.29, 1.82) is 0 Å². The minimum atomic E-state index is -0.466. The number of benzene rings is 3. The quantitative estimate of drug-likeness (QED) is 0.282. The van der Waals surface area contributed by atoms with Crippen molar-refractivity contribution < 1.29 is 14.4 Å². The van der Waals surface area contributed by atoms with Gasteiger partial charge in [0, 0.05) is 29.1 Å². The number of hydrogen-bond acceptors (Lipinski definition) is 6. The van der Waals surface area contributed by atoms with Gasteiger partial charge in [0.1, 0.15) is 0 Å². The van der Waals surface area contributed by atoms with Crippen molar-refractivity contribution in [2.75, 3.05) is 11.1 Å². The summed E-state index contributed by atoms with van der Waals surface area (Å²) >= 11 is 7.82. The normalized spacial score (nSPS) is 12.4. The van der Waals surface area contributed by atoms with Crippen molar-refractivity contribution in [3.8, 4) is 17.1 Å². The van der Waals surface area contributed by atoms with Gasteiger partial charge in [-0.25, -0.2) is 0 Å². The molecule has 0 saturated heterocycles. The standard InChI is InChI=1S/C25H18ClN5O3S/c26-20-9-5-4-8-18(20)22-29-30-25(31(22)16-6-2-1-3-7-16)35-13-12-21(32)27-15-10-11-17-19(14-15)24(34)28-23(17)33/h1-11,14H,12-13H2,(H,27,32)(H,28,33,34). The van der Waals surface area contributed by atoms with Crippen LogP contribution in [0.15, 0.2) is 78.0 Å². The molecule has 0 fully saturated rings. The number of nitrogens with one attached hydrogen (secondary N) is 2. The molecule has 174 valence electrons. The van der Waals surface area contributed by atoms with E-state index in [-0.39, 0.29) is 17.9 Å². The first kappa shape index (κ1) is 22.8. The predicted octanol–water partition coefficient (Wildman–Crippen LogP) is 4.59. The molecule has 3 aromatic carbocycles. The maximum Gasteiger partial charge on any atom is 0.259 e. The molecule has 0 unspecified atom stereocenters. The van der Waals surface area contributed by atoms with Gasteiger partial charge in [-0.3, -0.25) is 24.3 Å². The van der Waals surface area contributed by atoms with E-state index in [1.807, 2.05) is 53.1 Å². The molecule has 0 bridgehead atoms. The first-order chi connectivity index (χ1) is 17.0. The van der Waals surface area contributed by atoms with E-state index in [2.05, 4.69) is 20.8 Å². The number of anilines is 1. The lowest BCUT2D eigenvalue weighted by Gasteiger charge is -2.11. The van der Waals surface area contributed by atoms with Gasteiger partial charge < -0.3 is 5.32 Å². The number of nitrogens with zero attached hydrogens (tertiary/aromatic N) is 3. The number of fused-ring (bicyclic) bond motifs is 1. The van der Waals surface area contributed by atoms with Crippen molar-refractivity contribution in [2.24, 2.45) is 0 Å². The van der Waals surface area contributed by atoms with E-state index in [9.17, 15) is 14.4 Å². The monoisotopic (exact) mass is 503 g/mol. The maximum atomic E-state index is 12.5. The molecule has 0 aliphatic carbocycles. The molecular weight excluding hydrogens is 486 g/mol. The fourth-order valence-corrected chi connectivity index (χ4v) is 4.80. The highest BCUT2D eigenvalue weighted by molar-refractivity contribution is 7.99. The smallest absolute Gasteiger partial charge is 0.259 e. The Morgan fingerprint density at radius 3 is 2.46 bits per heavy atom. The molecule has 10 heteroatoms. The Kier molecular flexibility index (Phi) is 6.35. The van der Waals surface area contributed by atoms with Crippen LogP contribution in [-0.2, 0) is 4.79 Å². The number of halogens is 1. The Hall–Kier alpha value is -3.95. The van der Waals surface area contributed by atoms with Crippen LogP contribution >= 0.6 is 23.4 Å². The van der Waals surface area contributed by atoms with Gasteiger partial charge in [0.25, 0.3) is 11.8 Å². The molecule has 8 nitrogen and oxygen atoms in total. The van der Waals surface area contributed by atoms with Crippen LogP contribution < -0.4 is 10.6 Å². The Bertz CT molecular complexity index is 1450. The highest BCUT2D eigenvalue weighted by atomic mass is 35.5. The minimum absolute atomic E-state index is 0.204. The van der Waals surface area contributed by atoms with Gasteiger partial charge in [0.15, 0.2) is 11.0 Å². The minimum Gasteiger partial charge on any atom is -0.326 e. The second kappa shape index (κ2) is 9.73. The number of carbonyl (C=O) groups excluding carboxylic acids is 3. The summed E-state index contributed by atoms with van der Waals surface area (Å²) in [6.45, 7) is 0. The third-order valence-electron chi connectivity index (χ3n) is 5.34. The van der Waals surface area contributed by atoms with Crippen molar-refractivity contribution in [3.05, 3.63) is 88.9 Å². The van der Waals surface area contributed by atoms with Gasteiger partial charge in [0.2, 0.25) is 5.91 Å². The Labute approximate surface area is 209 Å². The SMILES string of the molecule is O=C(CCSc1nnc(-c2ccccc2Cl)n1-c1ccccc1)Nc1ccc2c(c1)C(=O)NC2=O. The predicted molar refractivity (Wildman–Crippen MR) is 134 cm³/mol. The summed E-state index contributed by atoms with van der Waals surface area (Å²) in [7, 11) is 0. The molecule has 2 N–H and O–H groups in total. The lowest BCUT2D eigenvalue weighted by Crippen LogP contribution is -2.19. The summed E-state index contributed by atoms with van der Waals surface area (Å²) in [5, 5.41) is 14.9. The van der Waals surface area contributed by atoms with Crippen LogP contribution in [0.4, 0.5) is 5.69 Å². The fraction of sp³-hybridized carbons (Fsp3) is 0.0800. The summed E-state index contributed by atoms with van der Waals surface area (Å²) in [6, 6.07) is 21.8. The second-order valence-corrected chi connectivity index (χ2v) is 9.12. The Morgan fingerprint density at radius 2 is 1.66 bits per heavy atom. The van der Waals surface area contributed by atoms with Gasteiger partial charge in [-0.1, -0.05) is 53.7 Å². The second-order valence-electron chi connectivity index (χ2n) is 7.65. The average Bonchev–Trinajstić information content (AvgIpc) is 3.40. The molecule has 35 heavy (non-hydrogen) atoms. The number of rotatable bonds is 7. The molecule has 4 aromatic rings. The van der Waals surface area contributed by atoms with E-state index in [1.165, 1.54) is 23.9 Å². The van der Waals surface area contributed by atoms with E-state index in [4.69, 9.17) is 11.6 Å². The third-order valence-corrected chi connectivity index (χ3v) is 6.60. The molecule has 0 saturated carbocycles. The lowest BCUT2D eigenvalue weighted by atomic mass is 10.1. The molecule has 1 aliphatic rings. The fourth-order valence-electron chi connectivity index (χ4n) is 3.69. The number of imide groups is 1. The molecule has 1 aromatic heterocycles. The average molecular weight is 504 g/mol. The van der Waals surface area contributed by atoms with Crippen molar-refractivity contribution >= 4 is 46.8 Å². The van der Waals surface area contributed by atoms with Gasteiger partial charge in [-0.05, 0) is 42.5 Å². The summed E-state index contributed by atoms with van der Waals surface area (Å²) in [4.78, 5) is 36.1. The van der Waals surface area contributed by atoms with Gasteiger partial charge in [-0.15, -0.1) is 10.2 Å². The highest BCUT2D eigenvalue weighted by Gasteiger charge is 2.26. The number of amides is 3. The molecule has 1 aliphatic heterocycles. The van der Waals surface area contributed by atoms with E-state index in [1.54, 1.807) is 12.1 Å². The van der Waals surface area contributed by atoms with Crippen LogP contribution in [0.25, 0.3) is 17.1 Å². The Balaban J connectivity index is 1.30. The summed E-state index contributed by atoms with van der Waals surface area (Å²) in [6.07, 6.45) is 0.204. The van der Waals surface area contributed by atoms with Gasteiger partial charge >= 0.3 is 0 Å². The number of para-hydroxylation sites is 1. The molecule has 3 amide bonds. The molecule has 0 spiro atoms. The number of hydrogen-bond donors (Lipinski definition) is 2. The van der Waals surface area contributed by atoms with Gasteiger partial charge in [0.05, 0.1) is 16.1 Å². The largest absolute Gasteiger partial charge is 0.326 e. The summed E-state index contributed by atoms with van der Waals surface area (Å²) in [5.74, 6) is -0.0633. The van der Waals surface area contributed by atoms with E-state index < -0.39 is 11.8 Å². The van der Waals surface area contributed by atoms with Gasteiger partial charge in [-0.2, -0.15) is 0 Å². The van der Waals surface area contributed by atoms with Crippen molar-refractivity contribution in [1.82, 2.24) is 20.1 Å². The summed E-state index contributed by atoms with van der Waals surface area (Å²) < 4.78 is 1.92. The van der Waals surface area contributed by atoms with Crippen LogP contribution in [0.3, 0.4) is 0 Å². The third kappa shape index (κ3) is 4.68. The zero-order valence-corrected chi connectivity index (χ0v) is 19.8. The highest BCUT2D eigenvalue weighted by Crippen LogP contribution is 2.32. The van der Waals surface area contributed by atoms with E-state index in [0.29, 0.717) is 33.0 Å². The lowest BCUT2D eigenvalue weighted by molar-refractivity contribution is -0.115. The van der Waals surface area contributed by atoms with Crippen LogP contribution in [-0.4, -0.2) is 38.2 Å². The Morgan fingerprint density at radius 1 is 0.914 bits per heavy atom. The number of carbonyl (C=O) groups is 3. The van der Waals surface area contributed by atoms with Crippen molar-refractivity contribution in [2.45, 2.75) is 11.6 Å². The van der Waals surface area contributed by atoms with E-state index in [0.717, 1.165) is 11.3 Å². The number of aromatic nitrogens is 3.